The van der Waals surface area contributed by atoms with Crippen molar-refractivity contribution in [3.63, 3.8) is 0 Å². The second-order valence-corrected chi connectivity index (χ2v) is 9.68. The molecule has 0 unspecified atom stereocenters. The van der Waals surface area contributed by atoms with Gasteiger partial charge in [0.25, 0.3) is 0 Å². The lowest BCUT2D eigenvalue weighted by Crippen LogP contribution is -2.43. The first-order valence-electron chi connectivity index (χ1n) is 6.03. The second kappa shape index (κ2) is 5.82. The number of methoxy groups -OCH3 is 1. The summed E-state index contributed by atoms with van der Waals surface area (Å²) >= 11 is 0. The van der Waals surface area contributed by atoms with Gasteiger partial charge < -0.3 is 10.5 Å². The number of nitrogen functional groups attached to an aromatic ring is 1. The SMILES string of the molecule is COc1cc(S(=O)(=O)NCC(C)(C)S(C)(=O)=O)ccc1N. The number of hydrogen-bond acceptors (Lipinski definition) is 6. The highest BCUT2D eigenvalue weighted by atomic mass is 32.2. The summed E-state index contributed by atoms with van der Waals surface area (Å²) in [5.74, 6) is 0.236. The molecule has 0 aliphatic heterocycles. The fraction of sp³-hybridized carbons (Fsp3) is 0.500. The number of sulfone groups is 1. The van der Waals surface area contributed by atoms with Crippen LogP contribution in [0.1, 0.15) is 13.8 Å². The minimum Gasteiger partial charge on any atom is -0.495 e. The lowest BCUT2D eigenvalue weighted by atomic mass is 10.2. The first-order chi connectivity index (χ1) is 9.40. The van der Waals surface area contributed by atoms with E-state index >= 15 is 0 Å². The summed E-state index contributed by atoms with van der Waals surface area (Å²) in [4.78, 5) is -0.0437. The Bertz CT molecular complexity index is 724. The molecule has 0 spiro atoms. The Balaban J connectivity index is 3.03. The van der Waals surface area contributed by atoms with Gasteiger partial charge in [-0.25, -0.2) is 21.6 Å². The lowest BCUT2D eigenvalue weighted by Gasteiger charge is -2.22. The van der Waals surface area contributed by atoms with Crippen LogP contribution in [0.4, 0.5) is 5.69 Å². The van der Waals surface area contributed by atoms with Crippen LogP contribution in [-0.2, 0) is 19.9 Å². The molecule has 0 atom stereocenters. The van der Waals surface area contributed by atoms with Crippen LogP contribution in [0, 0.1) is 0 Å². The highest BCUT2D eigenvalue weighted by Crippen LogP contribution is 2.25. The quantitative estimate of drug-likeness (QED) is 0.726. The highest BCUT2D eigenvalue weighted by Gasteiger charge is 2.32. The third-order valence-corrected chi connectivity index (χ3v) is 6.76. The third kappa shape index (κ3) is 4.08. The van der Waals surface area contributed by atoms with E-state index in [0.29, 0.717) is 5.69 Å². The number of ether oxygens (including phenoxy) is 1. The fourth-order valence-electron chi connectivity index (χ4n) is 1.34. The molecule has 0 aliphatic rings. The minimum atomic E-state index is -3.85. The van der Waals surface area contributed by atoms with Crippen LogP contribution in [-0.4, -0.2) is 41.5 Å². The van der Waals surface area contributed by atoms with Crippen molar-refractivity contribution >= 4 is 25.5 Å². The molecule has 0 amide bonds. The van der Waals surface area contributed by atoms with E-state index in [1.807, 2.05) is 0 Å². The fourth-order valence-corrected chi connectivity index (χ4v) is 2.99. The van der Waals surface area contributed by atoms with Crippen molar-refractivity contribution in [3.05, 3.63) is 18.2 Å². The van der Waals surface area contributed by atoms with Crippen LogP contribution >= 0.6 is 0 Å². The van der Waals surface area contributed by atoms with E-state index in [2.05, 4.69) is 4.72 Å². The lowest BCUT2D eigenvalue weighted by molar-refractivity contribution is 0.415. The molecule has 1 aromatic carbocycles. The molecule has 1 rings (SSSR count). The number of anilines is 1. The Morgan fingerprint density at radius 2 is 1.81 bits per heavy atom. The Kier molecular flexibility index (Phi) is 4.91. The normalized spacial score (nSPS) is 13.1. The van der Waals surface area contributed by atoms with Crippen LogP contribution in [0.5, 0.6) is 5.75 Å². The van der Waals surface area contributed by atoms with Gasteiger partial charge in [-0.1, -0.05) is 0 Å². The van der Waals surface area contributed by atoms with Gasteiger partial charge in [0.2, 0.25) is 10.0 Å². The van der Waals surface area contributed by atoms with Crippen LogP contribution < -0.4 is 15.2 Å². The summed E-state index contributed by atoms with van der Waals surface area (Å²) in [6, 6.07) is 4.02. The first kappa shape index (κ1) is 17.7. The zero-order chi connectivity index (χ0) is 16.5. The molecule has 3 N–H and O–H groups in total. The predicted octanol–water partition coefficient (Wildman–Crippen LogP) is 0.379. The van der Waals surface area contributed by atoms with Crippen molar-refractivity contribution in [1.29, 1.82) is 0 Å². The van der Waals surface area contributed by atoms with E-state index in [4.69, 9.17) is 10.5 Å². The van der Waals surface area contributed by atoms with E-state index in [0.717, 1.165) is 6.26 Å². The van der Waals surface area contributed by atoms with Crippen molar-refractivity contribution in [2.75, 3.05) is 25.6 Å². The maximum absolute atomic E-state index is 12.2. The number of sulfonamides is 1. The highest BCUT2D eigenvalue weighted by molar-refractivity contribution is 7.92. The maximum atomic E-state index is 12.2. The van der Waals surface area contributed by atoms with Gasteiger partial charge in [0, 0.05) is 18.9 Å². The monoisotopic (exact) mass is 336 g/mol. The zero-order valence-electron chi connectivity index (χ0n) is 12.4. The number of hydrogen-bond donors (Lipinski definition) is 2. The molecular formula is C12H20N2O5S2. The molecule has 0 aromatic heterocycles. The van der Waals surface area contributed by atoms with Crippen molar-refractivity contribution in [3.8, 4) is 5.75 Å². The van der Waals surface area contributed by atoms with Gasteiger partial charge in [-0.3, -0.25) is 0 Å². The molecule has 120 valence electrons. The van der Waals surface area contributed by atoms with E-state index in [1.54, 1.807) is 0 Å². The summed E-state index contributed by atoms with van der Waals surface area (Å²) in [6.07, 6.45) is 1.06. The molecule has 0 bridgehead atoms. The van der Waals surface area contributed by atoms with E-state index < -0.39 is 24.6 Å². The Labute approximate surface area is 125 Å². The van der Waals surface area contributed by atoms with Crippen LogP contribution in [0.2, 0.25) is 0 Å². The molecule has 0 saturated heterocycles. The molecule has 0 saturated carbocycles. The molecule has 0 radical (unpaired) electrons. The molecule has 0 fully saturated rings. The van der Waals surface area contributed by atoms with Crippen molar-refractivity contribution in [2.24, 2.45) is 0 Å². The molecule has 1 aromatic rings. The third-order valence-electron chi connectivity index (χ3n) is 3.21. The van der Waals surface area contributed by atoms with Crippen molar-refractivity contribution in [2.45, 2.75) is 23.5 Å². The molecular weight excluding hydrogens is 316 g/mol. The first-order valence-corrected chi connectivity index (χ1v) is 9.41. The minimum absolute atomic E-state index is 0.0437. The van der Waals surface area contributed by atoms with Crippen molar-refractivity contribution in [1.82, 2.24) is 4.72 Å². The average molecular weight is 336 g/mol. The number of nitrogens with two attached hydrogens (primary N) is 1. The smallest absolute Gasteiger partial charge is 0.240 e. The standard InChI is InChI=1S/C12H20N2O5S2/c1-12(2,20(4,15)16)8-14-21(17,18)9-5-6-10(13)11(7-9)19-3/h5-7,14H,8,13H2,1-4H3. The molecule has 21 heavy (non-hydrogen) atoms. The van der Waals surface area contributed by atoms with E-state index in [1.165, 1.54) is 39.2 Å². The zero-order valence-corrected chi connectivity index (χ0v) is 14.0. The summed E-state index contributed by atoms with van der Waals surface area (Å²) in [5, 5.41) is 0. The molecule has 0 aliphatic carbocycles. The van der Waals surface area contributed by atoms with Gasteiger partial charge >= 0.3 is 0 Å². The number of benzene rings is 1. The maximum Gasteiger partial charge on any atom is 0.240 e. The van der Waals surface area contributed by atoms with Crippen molar-refractivity contribution < 1.29 is 21.6 Å². The summed E-state index contributed by atoms with van der Waals surface area (Å²) in [5.41, 5.74) is 5.94. The summed E-state index contributed by atoms with van der Waals surface area (Å²) in [7, 11) is -5.87. The van der Waals surface area contributed by atoms with E-state index in [9.17, 15) is 16.8 Å². The topological polar surface area (TPSA) is 116 Å². The Morgan fingerprint density at radius 1 is 1.24 bits per heavy atom. The second-order valence-electron chi connectivity index (χ2n) is 5.26. The summed E-state index contributed by atoms with van der Waals surface area (Å²) in [6.45, 7) is 2.67. The van der Waals surface area contributed by atoms with Gasteiger partial charge in [-0.05, 0) is 26.0 Å². The Hall–Kier alpha value is -1.32. The number of rotatable bonds is 6. The predicted molar refractivity (Wildman–Crippen MR) is 81.5 cm³/mol. The largest absolute Gasteiger partial charge is 0.495 e. The van der Waals surface area contributed by atoms with Crippen LogP contribution in [0.15, 0.2) is 23.1 Å². The Morgan fingerprint density at radius 3 is 2.29 bits per heavy atom. The molecule has 0 heterocycles. The average Bonchev–Trinajstić information content (AvgIpc) is 2.35. The van der Waals surface area contributed by atoms with Gasteiger partial charge in [0.15, 0.2) is 9.84 Å². The van der Waals surface area contributed by atoms with Gasteiger partial charge in [-0.15, -0.1) is 0 Å². The molecule has 7 nitrogen and oxygen atoms in total. The van der Waals surface area contributed by atoms with E-state index in [-0.39, 0.29) is 17.2 Å². The summed E-state index contributed by atoms with van der Waals surface area (Å²) < 4.78 is 53.6. The number of nitrogens with one attached hydrogen (secondary N) is 1. The van der Waals surface area contributed by atoms with Crippen LogP contribution in [0.25, 0.3) is 0 Å². The van der Waals surface area contributed by atoms with Gasteiger partial charge in [0.1, 0.15) is 5.75 Å². The van der Waals surface area contributed by atoms with Crippen LogP contribution in [0.3, 0.4) is 0 Å². The van der Waals surface area contributed by atoms with Gasteiger partial charge in [-0.2, -0.15) is 0 Å². The molecule has 9 heteroatoms. The van der Waals surface area contributed by atoms with Gasteiger partial charge in [0.05, 0.1) is 22.4 Å².